The Balaban J connectivity index is 4.07. The lowest BCUT2D eigenvalue weighted by molar-refractivity contribution is 0.0153. The van der Waals surface area contributed by atoms with Crippen molar-refractivity contribution in [3.8, 4) is 0 Å². The number of unbranched alkanes of at least 4 members (excludes halogenated alkanes) is 18. The van der Waals surface area contributed by atoms with Crippen LogP contribution >= 0.6 is 0 Å². The number of allylic oxidation sites excluding steroid dienone is 4. The Morgan fingerprint density at radius 3 is 1.59 bits per heavy atom. The van der Waals surface area contributed by atoms with Crippen LogP contribution in [0, 0.1) is 0 Å². The molecule has 0 aromatic rings. The molecule has 0 N–H and O–H groups in total. The standard InChI is InChI=1S/C37H71NO3/c1-5-7-9-11-13-15-17-18-19-20-21-23-25-27-29-33-36(41-37(39)40-35-31-30-34-38(3)4)32-28-26-24-22-16-14-12-10-8-6-2/h13,15,18-19,36H,5-12,14,16-17,20-35H2,1-4H3/b15-13-,19-18-. The maximum Gasteiger partial charge on any atom is 0.508 e. The van der Waals surface area contributed by atoms with Gasteiger partial charge in [-0.2, -0.15) is 0 Å². The van der Waals surface area contributed by atoms with Gasteiger partial charge in [-0.3, -0.25) is 0 Å². The van der Waals surface area contributed by atoms with Crippen molar-refractivity contribution in [2.45, 2.75) is 180 Å². The monoisotopic (exact) mass is 578 g/mol. The largest absolute Gasteiger partial charge is 0.508 e. The van der Waals surface area contributed by atoms with Gasteiger partial charge in [-0.15, -0.1) is 0 Å². The van der Waals surface area contributed by atoms with Gasteiger partial charge >= 0.3 is 6.16 Å². The maximum atomic E-state index is 12.3. The van der Waals surface area contributed by atoms with Gasteiger partial charge in [0.05, 0.1) is 6.61 Å². The summed E-state index contributed by atoms with van der Waals surface area (Å²) in [6, 6.07) is 0. The summed E-state index contributed by atoms with van der Waals surface area (Å²) in [5, 5.41) is 0. The van der Waals surface area contributed by atoms with Crippen LogP contribution in [0.5, 0.6) is 0 Å². The highest BCUT2D eigenvalue weighted by Gasteiger charge is 2.15. The molecule has 0 spiro atoms. The molecule has 0 saturated carbocycles. The van der Waals surface area contributed by atoms with Crippen LogP contribution in [0.25, 0.3) is 0 Å². The fourth-order valence-corrected chi connectivity index (χ4v) is 5.16. The van der Waals surface area contributed by atoms with Crippen molar-refractivity contribution in [2.75, 3.05) is 27.2 Å². The molecule has 0 aromatic heterocycles. The van der Waals surface area contributed by atoms with Crippen LogP contribution in [-0.4, -0.2) is 44.4 Å². The highest BCUT2D eigenvalue weighted by atomic mass is 16.7. The Bertz CT molecular complexity index is 587. The zero-order valence-corrected chi connectivity index (χ0v) is 28.2. The summed E-state index contributed by atoms with van der Waals surface area (Å²) in [5.74, 6) is 0. The van der Waals surface area contributed by atoms with Gasteiger partial charge in [0.15, 0.2) is 0 Å². The minimum absolute atomic E-state index is 0.0104. The van der Waals surface area contributed by atoms with Crippen LogP contribution < -0.4 is 0 Å². The Labute approximate surface area is 257 Å². The highest BCUT2D eigenvalue weighted by Crippen LogP contribution is 2.18. The van der Waals surface area contributed by atoms with Crippen molar-refractivity contribution in [1.82, 2.24) is 4.90 Å². The molecule has 0 heterocycles. The van der Waals surface area contributed by atoms with Gasteiger partial charge < -0.3 is 14.4 Å². The molecule has 41 heavy (non-hydrogen) atoms. The molecule has 1 atom stereocenters. The van der Waals surface area contributed by atoms with E-state index in [-0.39, 0.29) is 6.10 Å². The van der Waals surface area contributed by atoms with E-state index in [1.807, 2.05) is 0 Å². The third-order valence-corrected chi connectivity index (χ3v) is 7.84. The van der Waals surface area contributed by atoms with Crippen molar-refractivity contribution < 1.29 is 14.3 Å². The topological polar surface area (TPSA) is 38.8 Å². The highest BCUT2D eigenvalue weighted by molar-refractivity contribution is 5.60. The molecule has 1 unspecified atom stereocenters. The zero-order valence-electron chi connectivity index (χ0n) is 28.2. The SMILES string of the molecule is CCCCC/C=C\C/C=C\CCCCCCCC(CCCCCCCCCCCC)OC(=O)OCCCCN(C)C. The third kappa shape index (κ3) is 33.1. The molecule has 0 saturated heterocycles. The first-order chi connectivity index (χ1) is 20.1. The number of hydrogen-bond donors (Lipinski definition) is 0. The number of carbonyl (C=O) groups excluding carboxylic acids is 1. The summed E-state index contributed by atoms with van der Waals surface area (Å²) in [6.07, 6.45) is 39.7. The second kappa shape index (κ2) is 33.2. The molecular weight excluding hydrogens is 506 g/mol. The van der Waals surface area contributed by atoms with E-state index in [4.69, 9.17) is 9.47 Å². The van der Waals surface area contributed by atoms with Crippen molar-refractivity contribution in [3.63, 3.8) is 0 Å². The molecule has 0 bridgehead atoms. The van der Waals surface area contributed by atoms with Crippen molar-refractivity contribution in [1.29, 1.82) is 0 Å². The summed E-state index contributed by atoms with van der Waals surface area (Å²) in [4.78, 5) is 14.5. The molecular formula is C37H71NO3. The lowest BCUT2D eigenvalue weighted by Crippen LogP contribution is -2.20. The second-order valence-corrected chi connectivity index (χ2v) is 12.3. The average Bonchev–Trinajstić information content (AvgIpc) is 2.95. The first-order valence-electron chi connectivity index (χ1n) is 17.9. The maximum absolute atomic E-state index is 12.3. The molecule has 0 aliphatic heterocycles. The van der Waals surface area contributed by atoms with Gasteiger partial charge in [0, 0.05) is 0 Å². The molecule has 0 rings (SSSR count). The van der Waals surface area contributed by atoms with Gasteiger partial charge in [0.1, 0.15) is 6.10 Å². The van der Waals surface area contributed by atoms with Crippen LogP contribution in [0.2, 0.25) is 0 Å². The van der Waals surface area contributed by atoms with Gasteiger partial charge in [-0.05, 0) is 91.3 Å². The van der Waals surface area contributed by atoms with Crippen molar-refractivity contribution in [3.05, 3.63) is 24.3 Å². The molecule has 242 valence electrons. The van der Waals surface area contributed by atoms with E-state index in [0.717, 1.165) is 51.5 Å². The zero-order chi connectivity index (χ0) is 30.1. The fraction of sp³-hybridized carbons (Fsp3) is 0.865. The number of rotatable bonds is 31. The minimum atomic E-state index is -0.463. The van der Waals surface area contributed by atoms with E-state index in [1.165, 1.54) is 116 Å². The third-order valence-electron chi connectivity index (χ3n) is 7.84. The van der Waals surface area contributed by atoms with Crippen LogP contribution in [0.3, 0.4) is 0 Å². The summed E-state index contributed by atoms with van der Waals surface area (Å²) in [7, 11) is 4.14. The Hall–Kier alpha value is -1.29. The molecule has 0 aliphatic carbocycles. The quantitative estimate of drug-likeness (QED) is 0.0466. The van der Waals surface area contributed by atoms with Crippen LogP contribution in [0.15, 0.2) is 24.3 Å². The molecule has 0 radical (unpaired) electrons. The summed E-state index contributed by atoms with van der Waals surface area (Å²) in [5.41, 5.74) is 0. The predicted octanol–water partition coefficient (Wildman–Crippen LogP) is 12.0. The van der Waals surface area contributed by atoms with Crippen molar-refractivity contribution in [2.24, 2.45) is 0 Å². The predicted molar refractivity (Wildman–Crippen MR) is 180 cm³/mol. The molecule has 0 aromatic carbocycles. The molecule has 0 amide bonds. The first-order valence-corrected chi connectivity index (χ1v) is 17.9. The van der Waals surface area contributed by atoms with Crippen LogP contribution in [0.1, 0.15) is 174 Å². The number of hydrogen-bond acceptors (Lipinski definition) is 4. The number of carbonyl (C=O) groups is 1. The molecule has 0 fully saturated rings. The summed E-state index contributed by atoms with van der Waals surface area (Å²) >= 11 is 0. The van der Waals surface area contributed by atoms with E-state index in [1.54, 1.807) is 0 Å². The van der Waals surface area contributed by atoms with Gasteiger partial charge in [-0.1, -0.05) is 128 Å². The first kappa shape index (κ1) is 39.7. The van der Waals surface area contributed by atoms with Gasteiger partial charge in [0.2, 0.25) is 0 Å². The second-order valence-electron chi connectivity index (χ2n) is 12.3. The number of ether oxygens (including phenoxy) is 2. The average molecular weight is 578 g/mol. The van der Waals surface area contributed by atoms with E-state index >= 15 is 0 Å². The summed E-state index contributed by atoms with van der Waals surface area (Å²) < 4.78 is 11.2. The normalized spacial score (nSPS) is 12.6. The lowest BCUT2D eigenvalue weighted by Gasteiger charge is -2.18. The van der Waals surface area contributed by atoms with Crippen molar-refractivity contribution >= 4 is 6.16 Å². The molecule has 4 nitrogen and oxygen atoms in total. The number of nitrogens with zero attached hydrogens (tertiary/aromatic N) is 1. The van der Waals surface area contributed by atoms with Crippen LogP contribution in [-0.2, 0) is 9.47 Å². The van der Waals surface area contributed by atoms with E-state index in [9.17, 15) is 4.79 Å². The van der Waals surface area contributed by atoms with Gasteiger partial charge in [-0.25, -0.2) is 4.79 Å². The molecule has 0 aliphatic rings. The summed E-state index contributed by atoms with van der Waals surface area (Å²) in [6.45, 7) is 6.01. The Morgan fingerprint density at radius 1 is 0.585 bits per heavy atom. The Morgan fingerprint density at radius 2 is 1.05 bits per heavy atom. The minimum Gasteiger partial charge on any atom is -0.434 e. The van der Waals surface area contributed by atoms with E-state index < -0.39 is 6.16 Å². The lowest BCUT2D eigenvalue weighted by atomic mass is 10.0. The molecule has 4 heteroatoms. The van der Waals surface area contributed by atoms with Crippen LogP contribution in [0.4, 0.5) is 4.79 Å². The fourth-order valence-electron chi connectivity index (χ4n) is 5.16. The van der Waals surface area contributed by atoms with E-state index in [0.29, 0.717) is 6.61 Å². The smallest absolute Gasteiger partial charge is 0.434 e. The Kier molecular flexibility index (Phi) is 32.2. The van der Waals surface area contributed by atoms with E-state index in [2.05, 4.69) is 57.1 Å². The van der Waals surface area contributed by atoms with Gasteiger partial charge in [0.25, 0.3) is 0 Å².